The van der Waals surface area contributed by atoms with Crippen LogP contribution in [0.2, 0.25) is 5.02 Å². The normalized spacial score (nSPS) is 10.4. The molecule has 144 valence electrons. The van der Waals surface area contributed by atoms with Crippen molar-refractivity contribution in [1.29, 1.82) is 0 Å². The maximum absolute atomic E-state index is 12.5. The third-order valence-corrected chi connectivity index (χ3v) is 5.10. The van der Waals surface area contributed by atoms with Crippen LogP contribution in [-0.4, -0.2) is 25.4 Å². The Balaban J connectivity index is 1.52. The van der Waals surface area contributed by atoms with Gasteiger partial charge < -0.3 is 14.8 Å². The van der Waals surface area contributed by atoms with Crippen LogP contribution in [0.5, 0.6) is 11.5 Å². The van der Waals surface area contributed by atoms with Crippen molar-refractivity contribution in [2.24, 2.45) is 0 Å². The molecule has 3 aromatic carbocycles. The van der Waals surface area contributed by atoms with Gasteiger partial charge in [-0.05, 0) is 54.6 Å². The lowest BCUT2D eigenvalue weighted by molar-refractivity contribution is 0.102. The van der Waals surface area contributed by atoms with Crippen molar-refractivity contribution in [3.05, 3.63) is 83.4 Å². The molecule has 0 saturated heterocycles. The van der Waals surface area contributed by atoms with Crippen molar-refractivity contribution in [1.82, 2.24) is 0 Å². The molecule has 0 atom stereocenters. The van der Waals surface area contributed by atoms with Crippen molar-refractivity contribution in [2.75, 3.05) is 24.8 Å². The predicted molar refractivity (Wildman–Crippen MR) is 115 cm³/mol. The first-order valence-corrected chi connectivity index (χ1v) is 10.1. The van der Waals surface area contributed by atoms with Gasteiger partial charge in [-0.1, -0.05) is 29.8 Å². The second-order valence-electron chi connectivity index (χ2n) is 5.83. The maximum atomic E-state index is 12.5. The van der Waals surface area contributed by atoms with E-state index < -0.39 is 0 Å². The minimum Gasteiger partial charge on any atom is -0.495 e. The minimum absolute atomic E-state index is 0.244. The highest BCUT2D eigenvalue weighted by atomic mass is 35.5. The number of carbonyl (C=O) groups excluding carboxylic acids is 1. The van der Waals surface area contributed by atoms with Gasteiger partial charge in [-0.15, -0.1) is 11.8 Å². The van der Waals surface area contributed by atoms with Crippen LogP contribution in [-0.2, 0) is 0 Å². The van der Waals surface area contributed by atoms with E-state index >= 15 is 0 Å². The van der Waals surface area contributed by atoms with Gasteiger partial charge in [0.05, 0.1) is 19.4 Å². The molecule has 0 aromatic heterocycles. The Labute approximate surface area is 173 Å². The molecule has 3 aromatic rings. The number of ether oxygens (including phenoxy) is 2. The Morgan fingerprint density at radius 2 is 1.79 bits per heavy atom. The number of anilines is 1. The molecule has 6 heteroatoms. The molecule has 28 heavy (non-hydrogen) atoms. The molecule has 0 radical (unpaired) electrons. The molecule has 0 bridgehead atoms. The topological polar surface area (TPSA) is 47.6 Å². The number of amides is 1. The quantitative estimate of drug-likeness (QED) is 0.376. The Hall–Kier alpha value is -2.63. The fourth-order valence-electron chi connectivity index (χ4n) is 2.51. The molecule has 0 saturated carbocycles. The molecule has 0 unspecified atom stereocenters. The molecular formula is C22H20ClNO3S. The van der Waals surface area contributed by atoms with Gasteiger partial charge in [0.1, 0.15) is 11.5 Å². The lowest BCUT2D eigenvalue weighted by Crippen LogP contribution is -2.12. The molecule has 0 fully saturated rings. The summed E-state index contributed by atoms with van der Waals surface area (Å²) in [6, 6.07) is 22.3. The highest BCUT2D eigenvalue weighted by molar-refractivity contribution is 7.99. The first-order chi connectivity index (χ1) is 13.7. The van der Waals surface area contributed by atoms with Gasteiger partial charge in [-0.25, -0.2) is 0 Å². The number of nitrogens with one attached hydrogen (secondary N) is 1. The van der Waals surface area contributed by atoms with Crippen molar-refractivity contribution in [2.45, 2.75) is 4.90 Å². The number of methoxy groups -OCH3 is 1. The summed E-state index contributed by atoms with van der Waals surface area (Å²) in [5.41, 5.74) is 1.05. The van der Waals surface area contributed by atoms with Crippen molar-refractivity contribution < 1.29 is 14.3 Å². The average Bonchev–Trinajstić information content (AvgIpc) is 2.72. The van der Waals surface area contributed by atoms with Gasteiger partial charge in [-0.3, -0.25) is 4.79 Å². The summed E-state index contributed by atoms with van der Waals surface area (Å²) in [5, 5.41) is 3.34. The van der Waals surface area contributed by atoms with Gasteiger partial charge in [0.25, 0.3) is 5.91 Å². The number of rotatable bonds is 8. The second-order valence-corrected chi connectivity index (χ2v) is 7.44. The van der Waals surface area contributed by atoms with E-state index in [2.05, 4.69) is 17.4 Å². The van der Waals surface area contributed by atoms with Crippen molar-refractivity contribution >= 4 is 35.0 Å². The first kappa shape index (κ1) is 20.1. The number of halogens is 1. The highest BCUT2D eigenvalue weighted by Gasteiger charge is 2.10. The standard InChI is InChI=1S/C22H20ClNO3S/c1-26-21-12-9-17(23)15-20(21)24-22(25)16-7-10-18(11-8-16)27-13-14-28-19-5-3-2-4-6-19/h2-12,15H,13-14H2,1H3,(H,24,25). The van der Waals surface area contributed by atoms with Gasteiger partial charge >= 0.3 is 0 Å². The molecule has 1 amide bonds. The van der Waals surface area contributed by atoms with E-state index in [9.17, 15) is 4.79 Å². The number of carbonyl (C=O) groups is 1. The van der Waals surface area contributed by atoms with Crippen LogP contribution in [0.1, 0.15) is 10.4 Å². The van der Waals surface area contributed by atoms with Crippen LogP contribution in [0.3, 0.4) is 0 Å². The summed E-state index contributed by atoms with van der Waals surface area (Å²) in [5.74, 6) is 1.88. The molecule has 0 heterocycles. The fraction of sp³-hybridized carbons (Fsp3) is 0.136. The second kappa shape index (κ2) is 10.1. The Morgan fingerprint density at radius 3 is 2.50 bits per heavy atom. The van der Waals surface area contributed by atoms with Crippen LogP contribution in [0, 0.1) is 0 Å². The largest absolute Gasteiger partial charge is 0.495 e. The number of hydrogen-bond donors (Lipinski definition) is 1. The van der Waals surface area contributed by atoms with Gasteiger partial charge in [-0.2, -0.15) is 0 Å². The molecule has 0 aliphatic rings. The lowest BCUT2D eigenvalue weighted by atomic mass is 10.2. The van der Waals surface area contributed by atoms with Crippen LogP contribution >= 0.6 is 23.4 Å². The molecule has 3 rings (SSSR count). The summed E-state index contributed by atoms with van der Waals surface area (Å²) in [4.78, 5) is 13.7. The van der Waals surface area contributed by atoms with Crippen LogP contribution in [0.4, 0.5) is 5.69 Å². The third kappa shape index (κ3) is 5.68. The van der Waals surface area contributed by atoms with E-state index in [1.807, 2.05) is 18.2 Å². The monoisotopic (exact) mass is 413 g/mol. The average molecular weight is 414 g/mol. The zero-order valence-corrected chi connectivity index (χ0v) is 16.9. The predicted octanol–water partition coefficient (Wildman–Crippen LogP) is 5.77. The van der Waals surface area contributed by atoms with E-state index in [4.69, 9.17) is 21.1 Å². The minimum atomic E-state index is -0.244. The zero-order chi connectivity index (χ0) is 19.8. The summed E-state index contributed by atoms with van der Waals surface area (Å²) in [6.07, 6.45) is 0. The van der Waals surface area contributed by atoms with E-state index in [0.29, 0.717) is 28.6 Å². The molecule has 0 aliphatic heterocycles. The van der Waals surface area contributed by atoms with E-state index in [-0.39, 0.29) is 5.91 Å². The summed E-state index contributed by atoms with van der Waals surface area (Å²) in [7, 11) is 1.54. The molecule has 0 spiro atoms. The Kier molecular flexibility index (Phi) is 7.23. The van der Waals surface area contributed by atoms with Gasteiger partial charge in [0.15, 0.2) is 0 Å². The smallest absolute Gasteiger partial charge is 0.255 e. The van der Waals surface area contributed by atoms with Gasteiger partial charge in [0, 0.05) is 21.2 Å². The fourth-order valence-corrected chi connectivity index (χ4v) is 3.43. The maximum Gasteiger partial charge on any atom is 0.255 e. The SMILES string of the molecule is COc1ccc(Cl)cc1NC(=O)c1ccc(OCCSc2ccccc2)cc1. The van der Waals surface area contributed by atoms with E-state index in [1.54, 1.807) is 61.3 Å². The summed E-state index contributed by atoms with van der Waals surface area (Å²) >= 11 is 7.74. The lowest BCUT2D eigenvalue weighted by Gasteiger charge is -2.11. The molecule has 1 N–H and O–H groups in total. The van der Waals surface area contributed by atoms with Crippen LogP contribution in [0.25, 0.3) is 0 Å². The van der Waals surface area contributed by atoms with Crippen molar-refractivity contribution in [3.8, 4) is 11.5 Å². The van der Waals surface area contributed by atoms with Gasteiger partial charge in [0.2, 0.25) is 0 Å². The van der Waals surface area contributed by atoms with Crippen molar-refractivity contribution in [3.63, 3.8) is 0 Å². The Morgan fingerprint density at radius 1 is 1.04 bits per heavy atom. The summed E-state index contributed by atoms with van der Waals surface area (Å²) < 4.78 is 11.0. The van der Waals surface area contributed by atoms with E-state index in [0.717, 1.165) is 11.5 Å². The molecule has 0 aliphatic carbocycles. The van der Waals surface area contributed by atoms with E-state index in [1.165, 1.54) is 4.90 Å². The number of thioether (sulfide) groups is 1. The first-order valence-electron chi connectivity index (χ1n) is 8.71. The zero-order valence-electron chi connectivity index (χ0n) is 15.4. The number of benzene rings is 3. The number of hydrogen-bond acceptors (Lipinski definition) is 4. The highest BCUT2D eigenvalue weighted by Crippen LogP contribution is 2.28. The summed E-state index contributed by atoms with van der Waals surface area (Å²) in [6.45, 7) is 0.588. The van der Waals surface area contributed by atoms with Crippen LogP contribution in [0.15, 0.2) is 77.7 Å². The Bertz CT molecular complexity index is 917. The van der Waals surface area contributed by atoms with Crippen LogP contribution < -0.4 is 14.8 Å². The third-order valence-electron chi connectivity index (χ3n) is 3.89. The molecule has 4 nitrogen and oxygen atoms in total. The molecular weight excluding hydrogens is 394 g/mol.